The molecule has 0 atom stereocenters. The van der Waals surface area contributed by atoms with Crippen LogP contribution in [0.15, 0.2) is 6.07 Å². The Balaban J connectivity index is 2.74. The third kappa shape index (κ3) is 2.41. The van der Waals surface area contributed by atoms with Crippen molar-refractivity contribution in [2.75, 3.05) is 0 Å². The summed E-state index contributed by atoms with van der Waals surface area (Å²) in [6, 6.07) is 1.98. The summed E-state index contributed by atoms with van der Waals surface area (Å²) < 4.78 is 1.76. The van der Waals surface area contributed by atoms with Crippen molar-refractivity contribution in [2.45, 2.75) is 34.2 Å². The first-order valence-electron chi connectivity index (χ1n) is 4.54. The quantitative estimate of drug-likeness (QED) is 0.710. The highest BCUT2D eigenvalue weighted by Crippen LogP contribution is 2.04. The van der Waals surface area contributed by atoms with Gasteiger partial charge in [-0.25, -0.2) is 0 Å². The van der Waals surface area contributed by atoms with Crippen molar-refractivity contribution < 1.29 is 4.79 Å². The summed E-state index contributed by atoms with van der Waals surface area (Å²) in [5.74, 6) is 0.315. The van der Waals surface area contributed by atoms with Gasteiger partial charge >= 0.3 is 0 Å². The predicted molar refractivity (Wildman–Crippen MR) is 51.5 cm³/mol. The monoisotopic (exact) mass is 180 g/mol. The fraction of sp³-hybridized carbons (Fsp3) is 0.600. The van der Waals surface area contributed by atoms with Crippen LogP contribution in [0, 0.1) is 19.8 Å². The largest absolute Gasteiger partial charge is 0.297 e. The average Bonchev–Trinajstić information content (AvgIpc) is 2.30. The van der Waals surface area contributed by atoms with E-state index in [2.05, 4.69) is 5.10 Å². The molecule has 3 heteroatoms. The van der Waals surface area contributed by atoms with E-state index in [-0.39, 0.29) is 11.7 Å². The Morgan fingerprint density at radius 3 is 2.54 bits per heavy atom. The summed E-state index contributed by atoms with van der Waals surface area (Å²) in [6.45, 7) is 8.12. The zero-order valence-corrected chi connectivity index (χ0v) is 8.66. The Hall–Kier alpha value is -1.12. The summed E-state index contributed by atoms with van der Waals surface area (Å²) >= 11 is 0. The number of carbonyl (C=O) groups excluding carboxylic acids is 1. The smallest absolute Gasteiger partial charge is 0.156 e. The van der Waals surface area contributed by atoms with Crippen LogP contribution in [0.3, 0.4) is 0 Å². The lowest BCUT2D eigenvalue weighted by Gasteiger charge is -2.05. The molecule has 1 rings (SSSR count). The van der Waals surface area contributed by atoms with Gasteiger partial charge in [0.15, 0.2) is 5.78 Å². The molecule has 0 N–H and O–H groups in total. The normalized spacial score (nSPS) is 10.8. The maximum atomic E-state index is 11.4. The van der Waals surface area contributed by atoms with Crippen LogP contribution in [0.5, 0.6) is 0 Å². The molecule has 3 nitrogen and oxygen atoms in total. The molecule has 0 unspecified atom stereocenters. The highest BCUT2D eigenvalue weighted by atomic mass is 16.1. The Morgan fingerprint density at radius 2 is 2.15 bits per heavy atom. The minimum Gasteiger partial charge on any atom is -0.297 e. The van der Waals surface area contributed by atoms with Crippen LogP contribution >= 0.6 is 0 Å². The van der Waals surface area contributed by atoms with E-state index in [9.17, 15) is 4.79 Å². The number of ketones is 1. The number of Topliss-reactive ketones (excluding diaryl/α,β-unsaturated/α-hetero) is 1. The van der Waals surface area contributed by atoms with Gasteiger partial charge in [-0.1, -0.05) is 13.8 Å². The van der Waals surface area contributed by atoms with Gasteiger partial charge in [0, 0.05) is 11.6 Å². The van der Waals surface area contributed by atoms with Gasteiger partial charge in [0.1, 0.15) is 6.54 Å². The minimum atomic E-state index is 0.0870. The predicted octanol–water partition coefficient (Wildman–Crippen LogP) is 1.73. The van der Waals surface area contributed by atoms with Crippen LogP contribution in [0.25, 0.3) is 0 Å². The minimum absolute atomic E-state index is 0.0870. The molecule has 0 spiro atoms. The molecule has 13 heavy (non-hydrogen) atoms. The maximum absolute atomic E-state index is 11.4. The molecule has 72 valence electrons. The molecule has 0 fully saturated rings. The molecule has 0 saturated heterocycles. The molecule has 0 aliphatic carbocycles. The van der Waals surface area contributed by atoms with Crippen molar-refractivity contribution >= 4 is 5.78 Å². The van der Waals surface area contributed by atoms with Crippen LogP contribution in [-0.4, -0.2) is 15.6 Å². The van der Waals surface area contributed by atoms with Crippen molar-refractivity contribution in [1.82, 2.24) is 9.78 Å². The highest BCUT2D eigenvalue weighted by molar-refractivity contribution is 5.80. The zero-order chi connectivity index (χ0) is 10.0. The summed E-state index contributed by atoms with van der Waals surface area (Å²) in [4.78, 5) is 11.4. The van der Waals surface area contributed by atoms with Gasteiger partial charge in [0.05, 0.1) is 5.69 Å². The third-order valence-electron chi connectivity index (χ3n) is 2.05. The van der Waals surface area contributed by atoms with Gasteiger partial charge < -0.3 is 0 Å². The summed E-state index contributed by atoms with van der Waals surface area (Å²) in [5, 5.41) is 4.23. The third-order valence-corrected chi connectivity index (χ3v) is 2.05. The lowest BCUT2D eigenvalue weighted by atomic mass is 10.1. The fourth-order valence-electron chi connectivity index (χ4n) is 1.17. The number of hydrogen-bond donors (Lipinski definition) is 0. The van der Waals surface area contributed by atoms with Gasteiger partial charge in [-0.2, -0.15) is 5.10 Å². The molecule has 0 amide bonds. The van der Waals surface area contributed by atoms with E-state index in [4.69, 9.17) is 0 Å². The second-order valence-electron chi connectivity index (χ2n) is 3.71. The summed E-state index contributed by atoms with van der Waals surface area (Å²) in [5.41, 5.74) is 2.01. The van der Waals surface area contributed by atoms with Gasteiger partial charge in [-0.05, 0) is 19.9 Å². The Kier molecular flexibility index (Phi) is 2.86. The van der Waals surface area contributed by atoms with Crippen LogP contribution in [0.2, 0.25) is 0 Å². The topological polar surface area (TPSA) is 34.9 Å². The first kappa shape index (κ1) is 9.96. The Bertz CT molecular complexity index is 313. The summed E-state index contributed by atoms with van der Waals surface area (Å²) in [7, 11) is 0. The van der Waals surface area contributed by atoms with Gasteiger partial charge in [0.2, 0.25) is 0 Å². The zero-order valence-electron chi connectivity index (χ0n) is 8.66. The van der Waals surface area contributed by atoms with Crippen molar-refractivity contribution in [3.63, 3.8) is 0 Å². The number of rotatable bonds is 3. The van der Waals surface area contributed by atoms with Gasteiger partial charge in [0.25, 0.3) is 0 Å². The van der Waals surface area contributed by atoms with Crippen LogP contribution < -0.4 is 0 Å². The molecular weight excluding hydrogens is 164 g/mol. The highest BCUT2D eigenvalue weighted by Gasteiger charge is 2.10. The molecule has 1 aromatic heterocycles. The number of hydrogen-bond acceptors (Lipinski definition) is 2. The average molecular weight is 180 g/mol. The number of aryl methyl sites for hydroxylation is 2. The van der Waals surface area contributed by atoms with Crippen LogP contribution in [0.1, 0.15) is 25.2 Å². The van der Waals surface area contributed by atoms with Crippen LogP contribution in [0.4, 0.5) is 0 Å². The maximum Gasteiger partial charge on any atom is 0.156 e. The fourth-order valence-corrected chi connectivity index (χ4v) is 1.17. The van der Waals surface area contributed by atoms with Crippen molar-refractivity contribution in [3.8, 4) is 0 Å². The molecule has 0 bridgehead atoms. The van der Waals surface area contributed by atoms with E-state index in [0.717, 1.165) is 11.4 Å². The molecule has 0 aliphatic rings. The van der Waals surface area contributed by atoms with Gasteiger partial charge in [-0.3, -0.25) is 9.48 Å². The standard InChI is InChI=1S/C10H16N2O/c1-7(2)10(13)6-12-9(4)5-8(3)11-12/h5,7H,6H2,1-4H3. The van der Waals surface area contributed by atoms with E-state index in [1.165, 1.54) is 0 Å². The number of nitrogens with zero attached hydrogens (tertiary/aromatic N) is 2. The molecule has 1 heterocycles. The molecule has 0 aliphatic heterocycles. The number of carbonyl (C=O) groups is 1. The van der Waals surface area contributed by atoms with E-state index in [1.807, 2.05) is 33.8 Å². The van der Waals surface area contributed by atoms with Crippen molar-refractivity contribution in [1.29, 1.82) is 0 Å². The second-order valence-corrected chi connectivity index (χ2v) is 3.71. The molecule has 1 aromatic rings. The SMILES string of the molecule is Cc1cc(C)n(CC(=O)C(C)C)n1. The van der Waals surface area contributed by atoms with Crippen molar-refractivity contribution in [3.05, 3.63) is 17.5 Å². The summed E-state index contributed by atoms with van der Waals surface area (Å²) in [6.07, 6.45) is 0. The molecule has 0 saturated carbocycles. The molecule has 0 aromatic carbocycles. The van der Waals surface area contributed by atoms with E-state index >= 15 is 0 Å². The lowest BCUT2D eigenvalue weighted by molar-refractivity contribution is -0.122. The number of aromatic nitrogens is 2. The van der Waals surface area contributed by atoms with E-state index in [0.29, 0.717) is 6.54 Å². The van der Waals surface area contributed by atoms with E-state index in [1.54, 1.807) is 4.68 Å². The molecular formula is C10H16N2O. The lowest BCUT2D eigenvalue weighted by Crippen LogP contribution is -2.17. The Morgan fingerprint density at radius 1 is 1.54 bits per heavy atom. The first-order chi connectivity index (χ1) is 6.00. The van der Waals surface area contributed by atoms with Crippen molar-refractivity contribution in [2.24, 2.45) is 5.92 Å². The first-order valence-corrected chi connectivity index (χ1v) is 4.54. The van der Waals surface area contributed by atoms with Gasteiger partial charge in [-0.15, -0.1) is 0 Å². The second kappa shape index (κ2) is 3.73. The Labute approximate surface area is 78.8 Å². The molecule has 0 radical (unpaired) electrons. The van der Waals surface area contributed by atoms with Crippen LogP contribution in [-0.2, 0) is 11.3 Å². The van der Waals surface area contributed by atoms with E-state index < -0.39 is 0 Å².